The molecule has 0 aliphatic carbocycles. The molecule has 2 aromatic carbocycles. The van der Waals surface area contributed by atoms with Gasteiger partial charge in [-0.05, 0) is 38.5 Å². The topological polar surface area (TPSA) is 109 Å². The molecule has 0 unspecified atom stereocenters. The number of benzene rings is 2. The molecule has 0 fully saturated rings. The van der Waals surface area contributed by atoms with Crippen molar-refractivity contribution in [3.8, 4) is 23.0 Å². The zero-order chi connectivity index (χ0) is 34.2. The number of nitrogens with one attached hydrogen (secondary N) is 1. The van der Waals surface area contributed by atoms with E-state index in [-0.39, 0.29) is 54.5 Å². The molecule has 0 atom stereocenters. The van der Waals surface area contributed by atoms with E-state index >= 15 is 4.39 Å². The Morgan fingerprint density at radius 1 is 0.913 bits per heavy atom. The summed E-state index contributed by atoms with van der Waals surface area (Å²) in [5.41, 5.74) is 0.761. The van der Waals surface area contributed by atoms with Gasteiger partial charge >= 0.3 is 12.1 Å². The lowest BCUT2D eigenvalue weighted by Gasteiger charge is -2.19. The number of rotatable bonds is 12. The first kappa shape index (κ1) is 36.5. The summed E-state index contributed by atoms with van der Waals surface area (Å²) in [7, 11) is 2.85. The zero-order valence-electron chi connectivity index (χ0n) is 25.8. The minimum atomic E-state index is -4.64. The van der Waals surface area contributed by atoms with Crippen molar-refractivity contribution in [2.24, 2.45) is 0 Å². The van der Waals surface area contributed by atoms with Gasteiger partial charge in [-0.25, -0.2) is 8.78 Å². The average molecular weight is 676 g/mol. The van der Waals surface area contributed by atoms with Crippen LogP contribution in [0.1, 0.15) is 60.8 Å². The van der Waals surface area contributed by atoms with Crippen molar-refractivity contribution in [3.63, 3.8) is 0 Å². The van der Waals surface area contributed by atoms with Crippen LogP contribution in [0.4, 0.5) is 22.0 Å². The fraction of sp³-hybridized carbons (Fsp3) is 0.452. The van der Waals surface area contributed by atoms with Crippen molar-refractivity contribution in [2.45, 2.75) is 64.9 Å². The molecule has 252 valence electrons. The van der Waals surface area contributed by atoms with E-state index in [2.05, 4.69) is 5.32 Å². The molecule has 1 N–H and O–H groups in total. The molecule has 4 rings (SSSR count). The van der Waals surface area contributed by atoms with E-state index in [0.29, 0.717) is 40.4 Å². The SMILES string of the molecule is COc1cc2c(c(F)c1OCCCOc1c(OC)cc3sc(C(=O)CCC(=O)OC(C)(C)C)cc3c1F)CNC2.O=CC(F)(F)F. The Morgan fingerprint density at radius 2 is 1.50 bits per heavy atom. The minimum Gasteiger partial charge on any atom is -0.493 e. The third-order valence-corrected chi connectivity index (χ3v) is 7.41. The maximum atomic E-state index is 15.5. The number of alkyl halides is 3. The number of hydrogen-bond donors (Lipinski definition) is 1. The second kappa shape index (κ2) is 15.5. The zero-order valence-corrected chi connectivity index (χ0v) is 26.6. The Hall–Kier alpha value is -3.98. The van der Waals surface area contributed by atoms with E-state index in [0.717, 1.165) is 16.9 Å². The monoisotopic (exact) mass is 675 g/mol. The molecule has 0 spiro atoms. The molecule has 2 heterocycles. The lowest BCUT2D eigenvalue weighted by Crippen LogP contribution is -2.24. The smallest absolute Gasteiger partial charge is 0.446 e. The number of aldehydes is 1. The first-order chi connectivity index (χ1) is 21.6. The van der Waals surface area contributed by atoms with Crippen molar-refractivity contribution in [1.29, 1.82) is 0 Å². The third kappa shape index (κ3) is 9.76. The van der Waals surface area contributed by atoms with Crippen LogP contribution in [0.2, 0.25) is 0 Å². The number of thiophene rings is 1. The minimum absolute atomic E-state index is 0.0391. The van der Waals surface area contributed by atoms with Gasteiger partial charge in [0.15, 0.2) is 40.4 Å². The number of esters is 1. The van der Waals surface area contributed by atoms with Crippen LogP contribution >= 0.6 is 11.3 Å². The van der Waals surface area contributed by atoms with Gasteiger partial charge in [-0.1, -0.05) is 0 Å². The highest BCUT2D eigenvalue weighted by molar-refractivity contribution is 7.20. The molecule has 0 amide bonds. The summed E-state index contributed by atoms with van der Waals surface area (Å²) in [4.78, 5) is 33.7. The maximum Gasteiger partial charge on any atom is 0.446 e. The molecule has 0 bridgehead atoms. The lowest BCUT2D eigenvalue weighted by molar-refractivity contribution is -0.156. The summed E-state index contributed by atoms with van der Waals surface area (Å²) in [6, 6.07) is 4.83. The summed E-state index contributed by atoms with van der Waals surface area (Å²) in [5, 5.41) is 3.32. The van der Waals surface area contributed by atoms with Gasteiger partial charge in [-0.15, -0.1) is 11.3 Å². The van der Waals surface area contributed by atoms with Crippen LogP contribution in [0.15, 0.2) is 18.2 Å². The molecule has 0 radical (unpaired) electrons. The number of carbonyl (C=O) groups excluding carboxylic acids is 3. The number of fused-ring (bicyclic) bond motifs is 2. The Bertz CT molecular complexity index is 1570. The van der Waals surface area contributed by atoms with Gasteiger partial charge in [0.1, 0.15) is 5.60 Å². The number of ether oxygens (including phenoxy) is 5. The Kier molecular flexibility index (Phi) is 12.3. The van der Waals surface area contributed by atoms with Crippen LogP contribution in [-0.2, 0) is 27.4 Å². The Balaban J connectivity index is 0.000000875. The van der Waals surface area contributed by atoms with Crippen LogP contribution in [0.3, 0.4) is 0 Å². The first-order valence-corrected chi connectivity index (χ1v) is 14.8. The van der Waals surface area contributed by atoms with Crippen molar-refractivity contribution in [3.05, 3.63) is 45.8 Å². The summed E-state index contributed by atoms with van der Waals surface area (Å²) in [6.45, 7) is 6.44. The molecule has 1 aliphatic heterocycles. The molecular formula is C31H34F5NO8S. The van der Waals surface area contributed by atoms with Crippen LogP contribution in [-0.4, -0.2) is 57.2 Å². The maximum absolute atomic E-state index is 15.5. The predicted octanol–water partition coefficient (Wildman–Crippen LogP) is 6.70. The molecule has 9 nitrogen and oxygen atoms in total. The van der Waals surface area contributed by atoms with Gasteiger partial charge in [0.25, 0.3) is 0 Å². The highest BCUT2D eigenvalue weighted by atomic mass is 32.1. The number of ketones is 1. The predicted molar refractivity (Wildman–Crippen MR) is 159 cm³/mol. The first-order valence-electron chi connectivity index (χ1n) is 14.0. The largest absolute Gasteiger partial charge is 0.493 e. The quantitative estimate of drug-likeness (QED) is 0.0738. The van der Waals surface area contributed by atoms with Gasteiger partial charge in [-0.2, -0.15) is 13.2 Å². The van der Waals surface area contributed by atoms with Gasteiger partial charge < -0.3 is 29.0 Å². The third-order valence-electron chi connectivity index (χ3n) is 6.29. The molecule has 46 heavy (non-hydrogen) atoms. The highest BCUT2D eigenvalue weighted by Gasteiger charge is 2.26. The van der Waals surface area contributed by atoms with Crippen LogP contribution in [0.5, 0.6) is 23.0 Å². The summed E-state index contributed by atoms with van der Waals surface area (Å²) in [6.07, 6.45) is -5.48. The summed E-state index contributed by atoms with van der Waals surface area (Å²) < 4.78 is 89.4. The van der Waals surface area contributed by atoms with E-state index in [4.69, 9.17) is 28.5 Å². The Labute approximate surface area is 265 Å². The second-order valence-corrected chi connectivity index (χ2v) is 12.0. The van der Waals surface area contributed by atoms with Crippen molar-refractivity contribution in [2.75, 3.05) is 27.4 Å². The number of Topliss-reactive ketones (excluding diaryl/α,β-unsaturated/α-hetero) is 1. The molecule has 3 aromatic rings. The lowest BCUT2D eigenvalue weighted by atomic mass is 10.1. The summed E-state index contributed by atoms with van der Waals surface area (Å²) >= 11 is 1.12. The van der Waals surface area contributed by atoms with E-state index < -0.39 is 35.7 Å². The highest BCUT2D eigenvalue weighted by Crippen LogP contribution is 2.41. The fourth-order valence-corrected chi connectivity index (χ4v) is 5.37. The van der Waals surface area contributed by atoms with Crippen molar-refractivity contribution < 1.29 is 60.0 Å². The van der Waals surface area contributed by atoms with E-state index in [1.807, 2.05) is 0 Å². The molecule has 15 heteroatoms. The van der Waals surface area contributed by atoms with Gasteiger partial charge in [0.05, 0.1) is 38.7 Å². The van der Waals surface area contributed by atoms with Crippen molar-refractivity contribution in [1.82, 2.24) is 5.32 Å². The van der Waals surface area contributed by atoms with Crippen LogP contribution in [0, 0.1) is 11.6 Å². The van der Waals surface area contributed by atoms with Crippen molar-refractivity contribution >= 4 is 39.5 Å². The van der Waals surface area contributed by atoms with Gasteiger partial charge in [0, 0.05) is 47.6 Å². The molecule has 1 aromatic heterocycles. The second-order valence-electron chi connectivity index (χ2n) is 10.9. The van der Waals surface area contributed by atoms with E-state index in [1.54, 1.807) is 32.9 Å². The standard InChI is InChI=1S/C29H33F2NO7S.C2HF3O/c1-29(2,3)39-24(34)8-7-19(33)23-12-17-22(40-23)13-21(36-5)28(25(17)30)38-10-6-9-37-27-20(35-4)11-16-14-32-15-18(16)26(27)31;3-2(4,5)1-6/h11-13,32H,6-10,14-15H2,1-5H3;1H. The number of carbonyl (C=O) groups is 3. The molecule has 1 aliphatic rings. The number of methoxy groups -OCH3 is 2. The summed E-state index contributed by atoms with van der Waals surface area (Å²) in [5.74, 6) is -1.42. The Morgan fingerprint density at radius 3 is 2.07 bits per heavy atom. The number of halogens is 5. The number of hydrogen-bond acceptors (Lipinski definition) is 10. The average Bonchev–Trinajstić information content (AvgIpc) is 3.64. The van der Waals surface area contributed by atoms with Gasteiger partial charge in [-0.3, -0.25) is 14.4 Å². The molecule has 0 saturated heterocycles. The van der Waals surface area contributed by atoms with Crippen LogP contribution < -0.4 is 24.3 Å². The van der Waals surface area contributed by atoms with E-state index in [1.165, 1.54) is 20.3 Å². The fourth-order valence-electron chi connectivity index (χ4n) is 4.32. The normalized spacial score (nSPS) is 12.6. The molecule has 0 saturated carbocycles. The van der Waals surface area contributed by atoms with Gasteiger partial charge in [0.2, 0.25) is 6.29 Å². The van der Waals surface area contributed by atoms with E-state index in [9.17, 15) is 27.2 Å². The molecular weight excluding hydrogens is 641 g/mol. The van der Waals surface area contributed by atoms with Crippen LogP contribution in [0.25, 0.3) is 10.1 Å².